The first-order chi connectivity index (χ1) is 2.64. The van der Waals surface area contributed by atoms with Gasteiger partial charge in [0.1, 0.15) is 0 Å². The van der Waals surface area contributed by atoms with E-state index in [1.165, 1.54) is 0 Å². The van der Waals surface area contributed by atoms with Gasteiger partial charge in [0, 0.05) is 25.8 Å². The second kappa shape index (κ2) is 4.71. The molecule has 0 aromatic heterocycles. The molecule has 0 rings (SSSR count). The predicted octanol–water partition coefficient (Wildman–Crippen LogP) is 0.599. The Morgan fingerprint density at radius 2 is 1.86 bits per heavy atom. The largest absolute Gasteiger partial charge is 0.477 e. The minimum absolute atomic E-state index is 0. The van der Waals surface area contributed by atoms with Crippen molar-refractivity contribution in [2.24, 2.45) is 0 Å². The Morgan fingerprint density at radius 3 is 1.86 bits per heavy atom. The number of halogens is 1. The zero-order chi connectivity index (χ0) is 5.15. The fourth-order valence-electron chi connectivity index (χ4n) is 0. The first-order valence-electron chi connectivity index (χ1n) is 1.22. The molecule has 0 fully saturated rings. The van der Waals surface area contributed by atoms with Crippen molar-refractivity contribution in [2.45, 2.75) is 0 Å². The van der Waals surface area contributed by atoms with Gasteiger partial charge in [-0.15, -0.1) is 0 Å². The second-order valence-electron chi connectivity index (χ2n) is 0.710. The van der Waals surface area contributed by atoms with Crippen LogP contribution in [0, 0.1) is 0 Å². The summed E-state index contributed by atoms with van der Waals surface area (Å²) in [4.78, 5) is 9.55. The SMILES string of the molecule is C=C(Br)C(=O)O.[In]. The predicted molar refractivity (Wildman–Crippen MR) is 31.5 cm³/mol. The number of hydrogen-bond acceptors (Lipinski definition) is 1. The third-order valence-electron chi connectivity index (χ3n) is 0.232. The van der Waals surface area contributed by atoms with Gasteiger partial charge >= 0.3 is 5.97 Å². The molecule has 2 nitrogen and oxygen atoms in total. The summed E-state index contributed by atoms with van der Waals surface area (Å²) in [5, 5.41) is 7.84. The van der Waals surface area contributed by atoms with Crippen LogP contribution in [0.2, 0.25) is 0 Å². The first-order valence-corrected chi connectivity index (χ1v) is 2.01. The summed E-state index contributed by atoms with van der Waals surface area (Å²) >= 11 is 2.64. The molecule has 4 heteroatoms. The van der Waals surface area contributed by atoms with E-state index >= 15 is 0 Å². The van der Waals surface area contributed by atoms with Crippen molar-refractivity contribution >= 4 is 47.7 Å². The fourth-order valence-corrected chi connectivity index (χ4v) is 0. The smallest absolute Gasteiger partial charge is 0.342 e. The molecule has 0 aliphatic carbocycles. The summed E-state index contributed by atoms with van der Waals surface area (Å²) in [6.07, 6.45) is 0. The number of hydrogen-bond donors (Lipinski definition) is 1. The van der Waals surface area contributed by atoms with Crippen LogP contribution >= 0.6 is 15.9 Å². The number of carboxylic acid groups (broad SMARTS) is 1. The molecule has 0 aliphatic rings. The normalized spacial score (nSPS) is 6.43. The summed E-state index contributed by atoms with van der Waals surface area (Å²) in [6, 6.07) is 0. The Labute approximate surface area is 68.5 Å². The van der Waals surface area contributed by atoms with E-state index in [4.69, 9.17) is 5.11 Å². The zero-order valence-corrected chi connectivity index (χ0v) is 8.40. The number of carboxylic acids is 1. The monoisotopic (exact) mass is 265 g/mol. The van der Waals surface area contributed by atoms with Crippen LogP contribution in [-0.4, -0.2) is 36.9 Å². The van der Waals surface area contributed by atoms with Gasteiger partial charge in [-0.2, -0.15) is 0 Å². The molecule has 1 N–H and O–H groups in total. The van der Waals surface area contributed by atoms with Gasteiger partial charge in [0.2, 0.25) is 0 Å². The fraction of sp³-hybridized carbons (Fsp3) is 0. The van der Waals surface area contributed by atoms with Crippen LogP contribution in [0.3, 0.4) is 0 Å². The average Bonchev–Trinajstić information content (AvgIpc) is 1.36. The Bertz CT molecular complexity index is 78.9. The van der Waals surface area contributed by atoms with Gasteiger partial charge in [0.15, 0.2) is 0 Å². The van der Waals surface area contributed by atoms with E-state index < -0.39 is 5.97 Å². The summed E-state index contributed by atoms with van der Waals surface area (Å²) in [5.41, 5.74) is 0. The summed E-state index contributed by atoms with van der Waals surface area (Å²) < 4.78 is -0.0116. The minimum Gasteiger partial charge on any atom is -0.477 e. The maximum Gasteiger partial charge on any atom is 0.342 e. The first kappa shape index (κ1) is 10.5. The van der Waals surface area contributed by atoms with Crippen LogP contribution in [0.15, 0.2) is 11.1 Å². The molecule has 0 aliphatic heterocycles. The van der Waals surface area contributed by atoms with Crippen LogP contribution in [-0.2, 0) is 4.79 Å². The van der Waals surface area contributed by atoms with Gasteiger partial charge in [0.05, 0.1) is 4.48 Å². The Balaban J connectivity index is 0. The standard InChI is InChI=1S/C3H3BrO2.In/c1-2(4)3(5)6;/h1H2,(H,5,6);. The van der Waals surface area contributed by atoms with Gasteiger partial charge in [-0.3, -0.25) is 0 Å². The van der Waals surface area contributed by atoms with Crippen LogP contribution in [0.1, 0.15) is 0 Å². The van der Waals surface area contributed by atoms with E-state index in [1.54, 1.807) is 0 Å². The van der Waals surface area contributed by atoms with Crippen molar-refractivity contribution in [2.75, 3.05) is 0 Å². The molecule has 7 heavy (non-hydrogen) atoms. The van der Waals surface area contributed by atoms with Gasteiger partial charge in [-0.25, -0.2) is 4.79 Å². The maximum atomic E-state index is 9.55. The minimum atomic E-state index is -1.02. The Kier molecular flexibility index (Phi) is 7.09. The van der Waals surface area contributed by atoms with Crippen LogP contribution < -0.4 is 0 Å². The quantitative estimate of drug-likeness (QED) is 0.705. The van der Waals surface area contributed by atoms with Gasteiger partial charge in [-0.05, 0) is 15.9 Å². The third-order valence-corrected chi connectivity index (χ3v) is 0.571. The van der Waals surface area contributed by atoms with E-state index in [1.807, 2.05) is 0 Å². The average molecular weight is 266 g/mol. The van der Waals surface area contributed by atoms with Crippen molar-refractivity contribution in [3.05, 3.63) is 11.1 Å². The van der Waals surface area contributed by atoms with Crippen LogP contribution in [0.5, 0.6) is 0 Å². The molecular weight excluding hydrogens is 263 g/mol. The van der Waals surface area contributed by atoms with E-state index in [0.29, 0.717) is 0 Å². The molecule has 0 aromatic carbocycles. The molecule has 0 spiro atoms. The molecule has 0 unspecified atom stereocenters. The number of rotatable bonds is 1. The molecular formula is C3H3BrInO2. The molecule has 3 radical (unpaired) electrons. The van der Waals surface area contributed by atoms with Crippen LogP contribution in [0.25, 0.3) is 0 Å². The van der Waals surface area contributed by atoms with Crippen molar-refractivity contribution < 1.29 is 9.90 Å². The molecule has 0 atom stereocenters. The van der Waals surface area contributed by atoms with Gasteiger partial charge < -0.3 is 5.11 Å². The van der Waals surface area contributed by atoms with Crippen LogP contribution in [0.4, 0.5) is 0 Å². The van der Waals surface area contributed by atoms with E-state index in [0.717, 1.165) is 0 Å². The molecule has 0 aromatic rings. The summed E-state index contributed by atoms with van der Waals surface area (Å²) in [5.74, 6) is -1.02. The molecule has 37 valence electrons. The number of carbonyl (C=O) groups is 1. The third kappa shape index (κ3) is 6.56. The van der Waals surface area contributed by atoms with E-state index in [9.17, 15) is 4.79 Å². The van der Waals surface area contributed by atoms with Crippen molar-refractivity contribution in [1.29, 1.82) is 0 Å². The summed E-state index contributed by atoms with van der Waals surface area (Å²) in [7, 11) is 0. The Hall–Kier alpha value is 0.560. The molecule has 0 saturated carbocycles. The number of aliphatic carboxylic acids is 1. The molecule has 0 bridgehead atoms. The molecule has 0 heterocycles. The second-order valence-corrected chi connectivity index (χ2v) is 1.67. The van der Waals surface area contributed by atoms with E-state index in [-0.39, 0.29) is 30.3 Å². The Morgan fingerprint density at radius 1 is 1.71 bits per heavy atom. The van der Waals surface area contributed by atoms with Crippen molar-refractivity contribution in [1.82, 2.24) is 0 Å². The maximum absolute atomic E-state index is 9.55. The molecule has 0 saturated heterocycles. The van der Waals surface area contributed by atoms with Crippen molar-refractivity contribution in [3.8, 4) is 0 Å². The topological polar surface area (TPSA) is 37.3 Å². The van der Waals surface area contributed by atoms with Crippen molar-refractivity contribution in [3.63, 3.8) is 0 Å². The summed E-state index contributed by atoms with van der Waals surface area (Å²) in [6.45, 7) is 3.07. The van der Waals surface area contributed by atoms with Gasteiger partial charge in [0.25, 0.3) is 0 Å². The zero-order valence-electron chi connectivity index (χ0n) is 3.52. The van der Waals surface area contributed by atoms with E-state index in [2.05, 4.69) is 22.5 Å². The van der Waals surface area contributed by atoms with Gasteiger partial charge in [-0.1, -0.05) is 6.58 Å². The molecule has 0 amide bonds.